The van der Waals surface area contributed by atoms with Gasteiger partial charge in [0, 0.05) is 19.2 Å². The van der Waals surface area contributed by atoms with Gasteiger partial charge in [-0.2, -0.15) is 4.31 Å². The minimum absolute atomic E-state index is 0.220. The number of allylic oxidation sites excluding steroid dienone is 2. The Balaban J connectivity index is 2.37. The van der Waals surface area contributed by atoms with Crippen molar-refractivity contribution in [3.63, 3.8) is 0 Å². The highest BCUT2D eigenvalue weighted by atomic mass is 32.2. The third kappa shape index (κ3) is 4.74. The van der Waals surface area contributed by atoms with Crippen molar-refractivity contribution in [2.75, 3.05) is 26.8 Å². The van der Waals surface area contributed by atoms with E-state index in [1.54, 1.807) is 25.3 Å². The van der Waals surface area contributed by atoms with Crippen LogP contribution in [0.2, 0.25) is 0 Å². The number of hydrogen-bond acceptors (Lipinski definition) is 4. The van der Waals surface area contributed by atoms with Crippen LogP contribution in [0.1, 0.15) is 39.0 Å². The van der Waals surface area contributed by atoms with Crippen LogP contribution in [-0.2, 0) is 10.0 Å². The minimum Gasteiger partial charge on any atom is -0.497 e. The molecule has 1 aliphatic heterocycles. The van der Waals surface area contributed by atoms with Crippen LogP contribution in [0.3, 0.4) is 0 Å². The van der Waals surface area contributed by atoms with Crippen LogP contribution in [0.5, 0.6) is 11.5 Å². The molecule has 0 saturated carbocycles. The van der Waals surface area contributed by atoms with E-state index >= 15 is 0 Å². The Labute approximate surface area is 145 Å². The third-order valence-electron chi connectivity index (χ3n) is 4.09. The lowest BCUT2D eigenvalue weighted by Crippen LogP contribution is -2.32. The Hall–Kier alpha value is -1.53. The summed E-state index contributed by atoms with van der Waals surface area (Å²) >= 11 is 0. The monoisotopic (exact) mass is 353 g/mol. The first kappa shape index (κ1) is 18.8. The number of methoxy groups -OCH3 is 1. The molecule has 0 radical (unpaired) electrons. The maximum Gasteiger partial charge on any atom is 0.246 e. The topological polar surface area (TPSA) is 55.8 Å². The molecule has 0 N–H and O–H groups in total. The van der Waals surface area contributed by atoms with E-state index in [0.29, 0.717) is 31.2 Å². The van der Waals surface area contributed by atoms with Crippen molar-refractivity contribution < 1.29 is 17.9 Å². The molecule has 0 unspecified atom stereocenters. The predicted octanol–water partition coefficient (Wildman–Crippen LogP) is 3.60. The molecule has 1 heterocycles. The molecule has 5 nitrogen and oxygen atoms in total. The van der Waals surface area contributed by atoms with Crippen LogP contribution < -0.4 is 9.47 Å². The summed E-state index contributed by atoms with van der Waals surface area (Å²) in [4.78, 5) is 0.220. The van der Waals surface area contributed by atoms with Crippen LogP contribution >= 0.6 is 0 Å². The highest BCUT2D eigenvalue weighted by Gasteiger charge is 2.27. The second kappa shape index (κ2) is 9.08. The molecule has 1 aromatic carbocycles. The van der Waals surface area contributed by atoms with Crippen molar-refractivity contribution in [2.24, 2.45) is 0 Å². The number of benzene rings is 1. The Bertz CT molecular complexity index is 655. The van der Waals surface area contributed by atoms with Gasteiger partial charge in [-0.05, 0) is 44.2 Å². The summed E-state index contributed by atoms with van der Waals surface area (Å²) < 4.78 is 38.6. The maximum absolute atomic E-state index is 13.0. The molecule has 2 rings (SSSR count). The molecule has 0 bridgehead atoms. The number of sulfonamides is 1. The fourth-order valence-electron chi connectivity index (χ4n) is 2.70. The molecule has 0 aromatic heterocycles. The first-order valence-corrected chi connectivity index (χ1v) is 9.99. The lowest BCUT2D eigenvalue weighted by molar-refractivity contribution is 0.299. The first-order chi connectivity index (χ1) is 11.6. The summed E-state index contributed by atoms with van der Waals surface area (Å²) in [6.07, 6.45) is 8.98. The lowest BCUT2D eigenvalue weighted by Gasteiger charge is -2.22. The van der Waals surface area contributed by atoms with Gasteiger partial charge in [-0.25, -0.2) is 8.42 Å². The molecular weight excluding hydrogens is 326 g/mol. The summed E-state index contributed by atoms with van der Waals surface area (Å²) in [5.74, 6) is 0.960. The van der Waals surface area contributed by atoms with E-state index in [1.165, 1.54) is 4.31 Å². The molecule has 0 amide bonds. The van der Waals surface area contributed by atoms with Crippen molar-refractivity contribution in [2.45, 2.75) is 43.9 Å². The van der Waals surface area contributed by atoms with Gasteiger partial charge < -0.3 is 9.47 Å². The van der Waals surface area contributed by atoms with Crippen LogP contribution in [0.4, 0.5) is 0 Å². The maximum atomic E-state index is 13.0. The van der Waals surface area contributed by atoms with E-state index in [0.717, 1.165) is 32.1 Å². The molecule has 1 aliphatic rings. The largest absolute Gasteiger partial charge is 0.497 e. The summed E-state index contributed by atoms with van der Waals surface area (Å²) in [7, 11) is -2.01. The van der Waals surface area contributed by atoms with Gasteiger partial charge in [0.05, 0.1) is 13.7 Å². The molecule has 0 aliphatic carbocycles. The standard InChI is InChI=1S/C18H27NO4S/c1-3-19-13-9-7-5-4-6-8-10-14-23-17-15-16(22-2)11-12-18(17)24(19,20)21/h4,6,11-12,15H,3,5,7-10,13-14H2,1-2H3/b6-4+. The van der Waals surface area contributed by atoms with Crippen LogP contribution in [-0.4, -0.2) is 39.5 Å². The van der Waals surface area contributed by atoms with Gasteiger partial charge in [-0.15, -0.1) is 0 Å². The van der Waals surface area contributed by atoms with Crippen molar-refractivity contribution in [1.29, 1.82) is 0 Å². The van der Waals surface area contributed by atoms with E-state index in [4.69, 9.17) is 9.47 Å². The summed E-state index contributed by atoms with van der Waals surface area (Å²) in [5.41, 5.74) is 0. The van der Waals surface area contributed by atoms with Crippen LogP contribution in [0.25, 0.3) is 0 Å². The zero-order chi connectivity index (χ0) is 17.4. The average molecular weight is 353 g/mol. The highest BCUT2D eigenvalue weighted by molar-refractivity contribution is 7.89. The second-order valence-electron chi connectivity index (χ2n) is 5.77. The van der Waals surface area contributed by atoms with Crippen molar-refractivity contribution in [3.8, 4) is 11.5 Å². The van der Waals surface area contributed by atoms with Gasteiger partial charge in [0.1, 0.15) is 16.4 Å². The molecule has 24 heavy (non-hydrogen) atoms. The number of rotatable bonds is 2. The molecule has 0 spiro atoms. The van der Waals surface area contributed by atoms with Gasteiger partial charge in [0.2, 0.25) is 10.0 Å². The van der Waals surface area contributed by atoms with E-state index < -0.39 is 10.0 Å². The summed E-state index contributed by atoms with van der Waals surface area (Å²) in [5, 5.41) is 0. The normalized spacial score (nSPS) is 21.1. The number of ether oxygens (including phenoxy) is 2. The van der Waals surface area contributed by atoms with Gasteiger partial charge in [-0.1, -0.05) is 19.1 Å². The highest BCUT2D eigenvalue weighted by Crippen LogP contribution is 2.31. The predicted molar refractivity (Wildman–Crippen MR) is 95.1 cm³/mol. The smallest absolute Gasteiger partial charge is 0.246 e. The van der Waals surface area contributed by atoms with Gasteiger partial charge in [0.25, 0.3) is 0 Å². The van der Waals surface area contributed by atoms with Crippen molar-refractivity contribution >= 4 is 10.0 Å². The molecule has 1 aromatic rings. The van der Waals surface area contributed by atoms with Crippen LogP contribution in [0, 0.1) is 0 Å². The second-order valence-corrected chi connectivity index (χ2v) is 7.67. The third-order valence-corrected chi connectivity index (χ3v) is 6.10. The Morgan fingerprint density at radius 2 is 1.92 bits per heavy atom. The van der Waals surface area contributed by atoms with Gasteiger partial charge in [0.15, 0.2) is 0 Å². The molecule has 0 fully saturated rings. The quantitative estimate of drug-likeness (QED) is 0.762. The molecular formula is C18H27NO4S. The first-order valence-electron chi connectivity index (χ1n) is 8.55. The molecule has 0 saturated heterocycles. The zero-order valence-electron chi connectivity index (χ0n) is 14.5. The van der Waals surface area contributed by atoms with E-state index in [-0.39, 0.29) is 4.90 Å². The summed E-state index contributed by atoms with van der Waals surface area (Å²) in [6.45, 7) is 3.32. The van der Waals surface area contributed by atoms with Crippen LogP contribution in [0.15, 0.2) is 35.2 Å². The van der Waals surface area contributed by atoms with E-state index in [2.05, 4.69) is 12.2 Å². The minimum atomic E-state index is -3.57. The fourth-order valence-corrected chi connectivity index (χ4v) is 4.30. The zero-order valence-corrected chi connectivity index (χ0v) is 15.3. The van der Waals surface area contributed by atoms with Gasteiger partial charge >= 0.3 is 0 Å². The Morgan fingerprint density at radius 1 is 1.17 bits per heavy atom. The SMILES string of the molecule is CCN1CCCC/C=C/CCCOc2cc(OC)ccc2S1(=O)=O. The summed E-state index contributed by atoms with van der Waals surface area (Å²) in [6, 6.07) is 4.90. The van der Waals surface area contributed by atoms with Crippen molar-refractivity contribution in [1.82, 2.24) is 4.31 Å². The molecule has 134 valence electrons. The number of fused-ring (bicyclic) bond motifs is 1. The van der Waals surface area contributed by atoms with Crippen molar-refractivity contribution in [3.05, 3.63) is 30.4 Å². The number of nitrogens with zero attached hydrogens (tertiary/aromatic N) is 1. The lowest BCUT2D eigenvalue weighted by atomic mass is 10.2. The van der Waals surface area contributed by atoms with E-state index in [1.807, 2.05) is 6.92 Å². The van der Waals surface area contributed by atoms with E-state index in [9.17, 15) is 8.42 Å². The molecule has 0 atom stereocenters. The Kier molecular flexibility index (Phi) is 7.12. The Morgan fingerprint density at radius 3 is 2.62 bits per heavy atom. The molecule has 6 heteroatoms. The van der Waals surface area contributed by atoms with Gasteiger partial charge in [-0.3, -0.25) is 0 Å². The number of hydrogen-bond donors (Lipinski definition) is 0. The average Bonchev–Trinajstić information content (AvgIpc) is 2.58. The fraction of sp³-hybridized carbons (Fsp3) is 0.556.